The van der Waals surface area contributed by atoms with E-state index in [-0.39, 0.29) is 5.69 Å². The largest absolute Gasteiger partial charge is 0.451 e. The van der Waals surface area contributed by atoms with Crippen LogP contribution in [0.3, 0.4) is 0 Å². The average Bonchev–Trinajstić information content (AvgIpc) is 3.35. The molecule has 7 nitrogen and oxygen atoms in total. The van der Waals surface area contributed by atoms with Crippen LogP contribution in [0.25, 0.3) is 0 Å². The van der Waals surface area contributed by atoms with Crippen molar-refractivity contribution in [2.75, 3.05) is 11.9 Å². The normalized spacial score (nSPS) is 14.9. The number of amides is 1. The second kappa shape index (κ2) is 8.64. The molecule has 1 fully saturated rings. The first-order chi connectivity index (χ1) is 13.1. The Bertz CT molecular complexity index is 838. The third kappa shape index (κ3) is 5.05. The van der Waals surface area contributed by atoms with Crippen molar-refractivity contribution in [1.29, 1.82) is 5.26 Å². The zero-order valence-corrected chi connectivity index (χ0v) is 15.6. The Labute approximate surface area is 161 Å². The Kier molecular flexibility index (Phi) is 6.04. The number of hydrogen-bond donors (Lipinski definition) is 2. The van der Waals surface area contributed by atoms with Crippen molar-refractivity contribution in [2.24, 2.45) is 0 Å². The SMILES string of the molecule is N#CC1(NC(=O)COC(=O)c2csc(NCc3ccccc3)n2)CCCC1. The van der Waals surface area contributed by atoms with E-state index >= 15 is 0 Å². The Balaban J connectivity index is 1.46. The molecule has 3 rings (SSSR count). The van der Waals surface area contributed by atoms with Crippen molar-refractivity contribution in [2.45, 2.75) is 37.8 Å². The van der Waals surface area contributed by atoms with Gasteiger partial charge in [-0.25, -0.2) is 9.78 Å². The predicted octanol–water partition coefficient (Wildman–Crippen LogP) is 2.86. The van der Waals surface area contributed by atoms with E-state index in [9.17, 15) is 14.9 Å². The van der Waals surface area contributed by atoms with Crippen molar-refractivity contribution in [1.82, 2.24) is 10.3 Å². The second-order valence-corrected chi connectivity index (χ2v) is 7.26. The van der Waals surface area contributed by atoms with Crippen LogP contribution in [0, 0.1) is 11.3 Å². The molecule has 0 atom stereocenters. The molecule has 0 aliphatic heterocycles. The number of esters is 1. The van der Waals surface area contributed by atoms with Gasteiger partial charge in [-0.3, -0.25) is 4.79 Å². The predicted molar refractivity (Wildman–Crippen MR) is 101 cm³/mol. The van der Waals surface area contributed by atoms with Crippen molar-refractivity contribution in [3.63, 3.8) is 0 Å². The van der Waals surface area contributed by atoms with Crippen LogP contribution in [-0.4, -0.2) is 29.0 Å². The molecule has 0 spiro atoms. The molecule has 1 aromatic carbocycles. The van der Waals surface area contributed by atoms with Gasteiger partial charge in [0, 0.05) is 11.9 Å². The van der Waals surface area contributed by atoms with Gasteiger partial charge in [0.1, 0.15) is 5.54 Å². The first-order valence-electron chi connectivity index (χ1n) is 8.73. The maximum absolute atomic E-state index is 12.1. The van der Waals surface area contributed by atoms with Gasteiger partial charge in [0.15, 0.2) is 17.4 Å². The zero-order valence-electron chi connectivity index (χ0n) is 14.7. The van der Waals surface area contributed by atoms with E-state index in [0.717, 1.165) is 18.4 Å². The monoisotopic (exact) mass is 384 g/mol. The van der Waals surface area contributed by atoms with Crippen molar-refractivity contribution >= 4 is 28.3 Å². The number of nitrogens with zero attached hydrogens (tertiary/aromatic N) is 2. The Morgan fingerprint density at radius 2 is 2.00 bits per heavy atom. The van der Waals surface area contributed by atoms with Crippen LogP contribution >= 0.6 is 11.3 Å². The molecule has 1 saturated carbocycles. The number of thiazole rings is 1. The van der Waals surface area contributed by atoms with E-state index < -0.39 is 24.0 Å². The van der Waals surface area contributed by atoms with E-state index in [1.165, 1.54) is 11.3 Å². The first-order valence-corrected chi connectivity index (χ1v) is 9.61. The lowest BCUT2D eigenvalue weighted by Crippen LogP contribution is -2.46. The summed E-state index contributed by atoms with van der Waals surface area (Å²) in [7, 11) is 0. The minimum atomic E-state index is -0.821. The Morgan fingerprint density at radius 3 is 2.70 bits per heavy atom. The summed E-state index contributed by atoms with van der Waals surface area (Å²) in [6.45, 7) is 0.175. The van der Waals surface area contributed by atoms with Gasteiger partial charge in [-0.2, -0.15) is 5.26 Å². The molecule has 0 saturated heterocycles. The number of rotatable bonds is 7. The molecule has 1 heterocycles. The molecule has 1 aromatic heterocycles. The number of anilines is 1. The van der Waals surface area contributed by atoms with Crippen LogP contribution in [0.1, 0.15) is 41.7 Å². The van der Waals surface area contributed by atoms with Gasteiger partial charge in [-0.05, 0) is 31.2 Å². The number of aromatic nitrogens is 1. The smallest absolute Gasteiger partial charge is 0.358 e. The van der Waals surface area contributed by atoms with Crippen LogP contribution < -0.4 is 10.6 Å². The maximum atomic E-state index is 12.1. The summed E-state index contributed by atoms with van der Waals surface area (Å²) in [5, 5.41) is 17.3. The zero-order chi connectivity index (χ0) is 19.1. The summed E-state index contributed by atoms with van der Waals surface area (Å²) in [5.41, 5.74) is 0.435. The van der Waals surface area contributed by atoms with Gasteiger partial charge in [-0.15, -0.1) is 11.3 Å². The van der Waals surface area contributed by atoms with Crippen molar-refractivity contribution in [3.05, 3.63) is 47.0 Å². The fourth-order valence-electron chi connectivity index (χ4n) is 2.97. The highest BCUT2D eigenvalue weighted by molar-refractivity contribution is 7.13. The van der Waals surface area contributed by atoms with E-state index in [1.807, 2.05) is 30.3 Å². The van der Waals surface area contributed by atoms with E-state index in [1.54, 1.807) is 5.38 Å². The van der Waals surface area contributed by atoms with Gasteiger partial charge >= 0.3 is 5.97 Å². The molecule has 1 aliphatic rings. The summed E-state index contributed by atoms with van der Waals surface area (Å²) in [4.78, 5) is 28.3. The van der Waals surface area contributed by atoms with Crippen LogP contribution in [0.5, 0.6) is 0 Å². The van der Waals surface area contributed by atoms with E-state index in [0.29, 0.717) is 24.5 Å². The molecular weight excluding hydrogens is 364 g/mol. The number of carbonyl (C=O) groups excluding carboxylic acids is 2. The minimum Gasteiger partial charge on any atom is -0.451 e. The lowest BCUT2D eigenvalue weighted by Gasteiger charge is -2.21. The number of hydrogen-bond acceptors (Lipinski definition) is 7. The molecule has 27 heavy (non-hydrogen) atoms. The summed E-state index contributed by atoms with van der Waals surface area (Å²) in [6, 6.07) is 12.0. The number of benzene rings is 1. The average molecular weight is 384 g/mol. The second-order valence-electron chi connectivity index (χ2n) is 6.40. The number of nitrogens with one attached hydrogen (secondary N) is 2. The third-order valence-corrected chi connectivity index (χ3v) is 5.18. The standard InChI is InChI=1S/C19H20N4O3S/c20-13-19(8-4-5-9-19)23-16(24)11-26-17(25)15-12-27-18(22-15)21-10-14-6-2-1-3-7-14/h1-3,6-7,12H,4-5,8-11H2,(H,21,22)(H,23,24). The lowest BCUT2D eigenvalue weighted by atomic mass is 10.00. The molecule has 0 radical (unpaired) electrons. The summed E-state index contributed by atoms with van der Waals surface area (Å²) in [5.74, 6) is -1.13. The Morgan fingerprint density at radius 1 is 1.26 bits per heavy atom. The molecule has 0 unspecified atom stereocenters. The third-order valence-electron chi connectivity index (χ3n) is 4.38. The summed E-state index contributed by atoms with van der Waals surface area (Å²) >= 11 is 1.29. The molecule has 8 heteroatoms. The summed E-state index contributed by atoms with van der Waals surface area (Å²) in [6.07, 6.45) is 3.08. The van der Waals surface area contributed by atoms with Crippen LogP contribution in [0.2, 0.25) is 0 Å². The highest BCUT2D eigenvalue weighted by Crippen LogP contribution is 2.28. The maximum Gasteiger partial charge on any atom is 0.358 e. The van der Waals surface area contributed by atoms with Gasteiger partial charge < -0.3 is 15.4 Å². The highest BCUT2D eigenvalue weighted by Gasteiger charge is 2.35. The van der Waals surface area contributed by atoms with Gasteiger partial charge in [-0.1, -0.05) is 30.3 Å². The number of ether oxygens (including phenoxy) is 1. The van der Waals surface area contributed by atoms with Gasteiger partial charge in [0.05, 0.1) is 6.07 Å². The molecule has 1 aliphatic carbocycles. The van der Waals surface area contributed by atoms with Crippen LogP contribution in [0.15, 0.2) is 35.7 Å². The van der Waals surface area contributed by atoms with E-state index in [4.69, 9.17) is 4.74 Å². The van der Waals surface area contributed by atoms with Crippen LogP contribution in [0.4, 0.5) is 5.13 Å². The first kappa shape index (κ1) is 18.9. The fraction of sp³-hybridized carbons (Fsp3) is 0.368. The van der Waals surface area contributed by atoms with Gasteiger partial charge in [0.2, 0.25) is 0 Å². The van der Waals surface area contributed by atoms with E-state index in [2.05, 4.69) is 21.7 Å². The fourth-order valence-corrected chi connectivity index (χ4v) is 3.65. The topological polar surface area (TPSA) is 104 Å². The van der Waals surface area contributed by atoms with Crippen molar-refractivity contribution < 1.29 is 14.3 Å². The molecule has 2 aromatic rings. The van der Waals surface area contributed by atoms with Crippen LogP contribution in [-0.2, 0) is 16.1 Å². The quantitative estimate of drug-likeness (QED) is 0.712. The summed E-state index contributed by atoms with van der Waals surface area (Å²) < 4.78 is 5.02. The molecule has 140 valence electrons. The lowest BCUT2D eigenvalue weighted by molar-refractivity contribution is -0.125. The molecule has 1 amide bonds. The molecular formula is C19H20N4O3S. The highest BCUT2D eigenvalue weighted by atomic mass is 32.1. The molecule has 2 N–H and O–H groups in total. The number of nitriles is 1. The van der Waals surface area contributed by atoms with Crippen molar-refractivity contribution in [3.8, 4) is 6.07 Å². The minimum absolute atomic E-state index is 0.152. The van der Waals surface area contributed by atoms with Gasteiger partial charge in [0.25, 0.3) is 5.91 Å². The molecule has 0 bridgehead atoms. The number of carbonyl (C=O) groups is 2. The Hall–Kier alpha value is -2.92.